The Balaban J connectivity index is 1.98. The molecule has 6 nitrogen and oxygen atoms in total. The lowest BCUT2D eigenvalue weighted by Crippen LogP contribution is -2.32. The highest BCUT2D eigenvalue weighted by Crippen LogP contribution is 2.34. The van der Waals surface area contributed by atoms with Gasteiger partial charge in [-0.3, -0.25) is 9.59 Å². The van der Waals surface area contributed by atoms with Crippen molar-refractivity contribution in [2.24, 2.45) is 0 Å². The Morgan fingerprint density at radius 2 is 1.62 bits per heavy atom. The average Bonchev–Trinajstić information content (AvgIpc) is 2.80. The van der Waals surface area contributed by atoms with E-state index in [1.807, 2.05) is 6.92 Å². The third kappa shape index (κ3) is 6.87. The lowest BCUT2D eigenvalue weighted by atomic mass is 9.98. The minimum atomic E-state index is -1.17. The first kappa shape index (κ1) is 28.2. The van der Waals surface area contributed by atoms with Crippen molar-refractivity contribution in [3.8, 4) is 0 Å². The van der Waals surface area contributed by atoms with Crippen LogP contribution in [0.25, 0.3) is 0 Å². The highest BCUT2D eigenvalue weighted by Gasteiger charge is 2.26. The smallest absolute Gasteiger partial charge is 0.422 e. The van der Waals surface area contributed by atoms with Gasteiger partial charge in [-0.2, -0.15) is 0 Å². The average molecular weight is 546 g/mol. The number of carbonyl (C=O) groups excluding carboxylic acids is 3. The van der Waals surface area contributed by atoms with Gasteiger partial charge in [0.15, 0.2) is 5.78 Å². The molecule has 0 radical (unpaired) electrons. The second-order valence-corrected chi connectivity index (χ2v) is 9.25. The highest BCUT2D eigenvalue weighted by atomic mass is 35.5. The first-order valence-electron chi connectivity index (χ1n) is 11.6. The molecule has 0 saturated heterocycles. The van der Waals surface area contributed by atoms with E-state index in [2.05, 4.69) is 0 Å². The fraction of sp³-hybridized carbons (Fsp3) is 0.250. The van der Waals surface area contributed by atoms with Gasteiger partial charge in [-0.15, -0.1) is 0 Å². The van der Waals surface area contributed by atoms with E-state index in [-0.39, 0.29) is 28.5 Å². The Hall–Kier alpha value is -3.42. The standard InChI is InChI=1S/C28H26Cl2FNO5/c1-5-6-26(33)36-18(4)37-28(35)32(25-12-8-20(31)14-17(25)3)21-9-11-23(24(30)15-21)27(34)22-10-7-19(29)13-16(22)2/h7-15,18H,5-6H2,1-4H3. The minimum absolute atomic E-state index is 0.0943. The first-order valence-corrected chi connectivity index (χ1v) is 12.3. The Bertz CT molecular complexity index is 1340. The number of amides is 1. The number of hydrogen-bond donors (Lipinski definition) is 0. The van der Waals surface area contributed by atoms with Crippen molar-refractivity contribution in [1.29, 1.82) is 0 Å². The zero-order valence-corrected chi connectivity index (χ0v) is 22.3. The van der Waals surface area contributed by atoms with Crippen LogP contribution in [0.3, 0.4) is 0 Å². The number of hydrogen-bond acceptors (Lipinski definition) is 5. The van der Waals surface area contributed by atoms with E-state index in [1.54, 1.807) is 32.0 Å². The number of carbonyl (C=O) groups is 3. The zero-order valence-electron chi connectivity index (χ0n) is 20.8. The van der Waals surface area contributed by atoms with Crippen molar-refractivity contribution in [3.05, 3.63) is 92.7 Å². The lowest BCUT2D eigenvalue weighted by Gasteiger charge is -2.26. The summed E-state index contributed by atoms with van der Waals surface area (Å²) in [5.41, 5.74) is 2.38. The SMILES string of the molecule is CCCC(=O)OC(C)OC(=O)N(c1ccc(C(=O)c2ccc(Cl)cc2C)c(Cl)c1)c1ccc(F)cc1C. The largest absolute Gasteiger partial charge is 0.425 e. The molecule has 9 heteroatoms. The fourth-order valence-corrected chi connectivity index (χ4v) is 4.22. The number of halogens is 3. The summed E-state index contributed by atoms with van der Waals surface area (Å²) in [6, 6.07) is 13.3. The third-order valence-electron chi connectivity index (χ3n) is 5.49. The molecule has 1 unspecified atom stereocenters. The fourth-order valence-electron chi connectivity index (χ4n) is 3.73. The molecular weight excluding hydrogens is 520 g/mol. The molecule has 0 spiro atoms. The quantitative estimate of drug-likeness (QED) is 0.163. The van der Waals surface area contributed by atoms with Gasteiger partial charge in [0.2, 0.25) is 6.29 Å². The van der Waals surface area contributed by atoms with Crippen LogP contribution in [-0.2, 0) is 14.3 Å². The van der Waals surface area contributed by atoms with Crippen LogP contribution in [0.1, 0.15) is 53.7 Å². The first-order chi connectivity index (χ1) is 17.5. The van der Waals surface area contributed by atoms with Gasteiger partial charge >= 0.3 is 12.1 Å². The molecule has 0 bridgehead atoms. The summed E-state index contributed by atoms with van der Waals surface area (Å²) in [6.45, 7) is 6.64. The summed E-state index contributed by atoms with van der Waals surface area (Å²) < 4.78 is 24.3. The van der Waals surface area contributed by atoms with Crippen LogP contribution in [-0.4, -0.2) is 24.1 Å². The zero-order chi connectivity index (χ0) is 27.3. The second kappa shape index (κ2) is 12.2. The number of ether oxygens (including phenoxy) is 2. The molecule has 3 rings (SSSR count). The minimum Gasteiger partial charge on any atom is -0.425 e. The number of benzene rings is 3. The van der Waals surface area contributed by atoms with E-state index in [9.17, 15) is 18.8 Å². The van der Waals surface area contributed by atoms with Gasteiger partial charge in [-0.05, 0) is 86.0 Å². The predicted molar refractivity (Wildman–Crippen MR) is 141 cm³/mol. The maximum atomic E-state index is 13.8. The number of rotatable bonds is 8. The number of esters is 1. The van der Waals surface area contributed by atoms with E-state index in [0.29, 0.717) is 33.8 Å². The molecule has 0 N–H and O–H groups in total. The summed E-state index contributed by atoms with van der Waals surface area (Å²) >= 11 is 12.5. The van der Waals surface area contributed by atoms with Gasteiger partial charge < -0.3 is 9.47 Å². The van der Waals surface area contributed by atoms with Gasteiger partial charge in [0.1, 0.15) is 5.82 Å². The number of nitrogens with zero attached hydrogens (tertiary/aromatic N) is 1. The predicted octanol–water partition coefficient (Wildman–Crippen LogP) is 7.94. The molecule has 0 aromatic heterocycles. The van der Waals surface area contributed by atoms with Crippen LogP contribution in [0.15, 0.2) is 54.6 Å². The normalized spacial score (nSPS) is 11.5. The lowest BCUT2D eigenvalue weighted by molar-refractivity contribution is -0.164. The summed E-state index contributed by atoms with van der Waals surface area (Å²) in [5, 5.41) is 0.603. The van der Waals surface area contributed by atoms with E-state index in [4.69, 9.17) is 32.7 Å². The van der Waals surface area contributed by atoms with Crippen molar-refractivity contribution in [1.82, 2.24) is 0 Å². The summed E-state index contributed by atoms with van der Waals surface area (Å²) in [4.78, 5) is 39.4. The molecule has 0 saturated carbocycles. The molecule has 3 aromatic rings. The molecule has 3 aromatic carbocycles. The maximum absolute atomic E-state index is 13.8. The van der Waals surface area contributed by atoms with Crippen molar-refractivity contribution in [2.75, 3.05) is 4.90 Å². The van der Waals surface area contributed by atoms with E-state index >= 15 is 0 Å². The van der Waals surface area contributed by atoms with Crippen molar-refractivity contribution in [2.45, 2.75) is 46.8 Å². The Kier molecular flexibility index (Phi) is 9.29. The molecule has 0 aliphatic rings. The summed E-state index contributed by atoms with van der Waals surface area (Å²) in [7, 11) is 0. The molecule has 0 fully saturated rings. The maximum Gasteiger partial charge on any atom is 0.422 e. The van der Waals surface area contributed by atoms with Crippen molar-refractivity contribution >= 4 is 52.4 Å². The number of aryl methyl sites for hydroxylation is 2. The van der Waals surface area contributed by atoms with Crippen LogP contribution in [0, 0.1) is 19.7 Å². The van der Waals surface area contributed by atoms with Gasteiger partial charge in [-0.1, -0.05) is 30.1 Å². The third-order valence-corrected chi connectivity index (χ3v) is 6.04. The van der Waals surface area contributed by atoms with Crippen LogP contribution < -0.4 is 4.90 Å². The van der Waals surface area contributed by atoms with Crippen LogP contribution in [0.5, 0.6) is 0 Å². The van der Waals surface area contributed by atoms with E-state index < -0.39 is 24.2 Å². The van der Waals surface area contributed by atoms with Gasteiger partial charge in [0, 0.05) is 29.5 Å². The Morgan fingerprint density at radius 1 is 0.919 bits per heavy atom. The van der Waals surface area contributed by atoms with Crippen molar-refractivity contribution < 1.29 is 28.2 Å². The van der Waals surface area contributed by atoms with Crippen molar-refractivity contribution in [3.63, 3.8) is 0 Å². The van der Waals surface area contributed by atoms with Crippen LogP contribution >= 0.6 is 23.2 Å². The Labute approximate surface area is 224 Å². The molecular formula is C28H26Cl2FNO5. The van der Waals surface area contributed by atoms with E-state index in [0.717, 1.165) is 0 Å². The molecule has 0 aliphatic carbocycles. The topological polar surface area (TPSA) is 72.9 Å². The molecule has 194 valence electrons. The van der Waals surface area contributed by atoms with Gasteiger partial charge in [0.05, 0.1) is 16.4 Å². The van der Waals surface area contributed by atoms with Gasteiger partial charge in [-0.25, -0.2) is 14.1 Å². The van der Waals surface area contributed by atoms with Crippen LogP contribution in [0.4, 0.5) is 20.6 Å². The molecule has 1 amide bonds. The molecule has 0 heterocycles. The monoisotopic (exact) mass is 545 g/mol. The summed E-state index contributed by atoms with van der Waals surface area (Å²) in [5.74, 6) is -1.29. The second-order valence-electron chi connectivity index (χ2n) is 8.41. The summed E-state index contributed by atoms with van der Waals surface area (Å²) in [6.07, 6.45) is -1.28. The number of ketones is 1. The van der Waals surface area contributed by atoms with Gasteiger partial charge in [0.25, 0.3) is 0 Å². The van der Waals surface area contributed by atoms with Crippen LogP contribution in [0.2, 0.25) is 10.0 Å². The molecule has 0 aliphatic heterocycles. The highest BCUT2D eigenvalue weighted by molar-refractivity contribution is 6.35. The number of anilines is 2. The Morgan fingerprint density at radius 3 is 2.24 bits per heavy atom. The van der Waals surface area contributed by atoms with E-state index in [1.165, 1.54) is 48.2 Å². The molecule has 37 heavy (non-hydrogen) atoms. The molecule has 1 atom stereocenters.